The van der Waals surface area contributed by atoms with Crippen LogP contribution >= 0.6 is 0 Å². The fourth-order valence-electron chi connectivity index (χ4n) is 1.37. The van der Waals surface area contributed by atoms with E-state index in [-0.39, 0.29) is 12.6 Å². The quantitative estimate of drug-likeness (QED) is 0.763. The molecule has 1 atom stereocenters. The Labute approximate surface area is 96.2 Å². The Morgan fingerprint density at radius 2 is 2.06 bits per heavy atom. The molecule has 2 N–H and O–H groups in total. The Hall–Kier alpha value is -1.26. The van der Waals surface area contributed by atoms with Gasteiger partial charge in [-0.3, -0.25) is 0 Å². The van der Waals surface area contributed by atoms with Gasteiger partial charge in [-0.2, -0.15) is 0 Å². The average molecular weight is 225 g/mol. The van der Waals surface area contributed by atoms with Gasteiger partial charge in [-0.05, 0) is 25.1 Å². The van der Waals surface area contributed by atoms with Crippen LogP contribution in [0.25, 0.3) is 0 Å². The van der Waals surface area contributed by atoms with E-state index in [1.54, 1.807) is 14.2 Å². The molecule has 0 unspecified atom stereocenters. The maximum absolute atomic E-state index is 8.92. The number of ether oxygens (including phenoxy) is 2. The minimum Gasteiger partial charge on any atom is -0.497 e. The lowest BCUT2D eigenvalue weighted by Crippen LogP contribution is -2.28. The maximum Gasteiger partial charge on any atom is 0.123 e. The van der Waals surface area contributed by atoms with Crippen molar-refractivity contribution < 1.29 is 14.6 Å². The normalized spacial score (nSPS) is 12.2. The molecular formula is C12H19NO3. The van der Waals surface area contributed by atoms with Crippen LogP contribution in [0.1, 0.15) is 12.5 Å². The highest BCUT2D eigenvalue weighted by Crippen LogP contribution is 2.23. The van der Waals surface area contributed by atoms with Crippen molar-refractivity contribution in [2.75, 3.05) is 20.8 Å². The van der Waals surface area contributed by atoms with Crippen LogP contribution < -0.4 is 14.8 Å². The molecule has 0 aromatic heterocycles. The molecule has 0 aliphatic heterocycles. The topological polar surface area (TPSA) is 50.7 Å². The van der Waals surface area contributed by atoms with Gasteiger partial charge in [0.05, 0.1) is 20.8 Å². The van der Waals surface area contributed by atoms with Crippen molar-refractivity contribution in [1.82, 2.24) is 5.32 Å². The summed E-state index contributed by atoms with van der Waals surface area (Å²) in [4.78, 5) is 0. The fourth-order valence-corrected chi connectivity index (χ4v) is 1.37. The minimum absolute atomic E-state index is 0.0657. The third-order valence-electron chi connectivity index (χ3n) is 2.40. The van der Waals surface area contributed by atoms with Crippen LogP contribution in [0.15, 0.2) is 18.2 Å². The summed E-state index contributed by atoms with van der Waals surface area (Å²) in [5.41, 5.74) is 1.02. The van der Waals surface area contributed by atoms with Crippen molar-refractivity contribution in [3.63, 3.8) is 0 Å². The second kappa shape index (κ2) is 6.35. The summed E-state index contributed by atoms with van der Waals surface area (Å²) in [5.74, 6) is 1.62. The van der Waals surface area contributed by atoms with Crippen LogP contribution in [-0.2, 0) is 6.54 Å². The predicted octanol–water partition coefficient (Wildman–Crippen LogP) is 1.17. The van der Waals surface area contributed by atoms with Crippen LogP contribution in [0.5, 0.6) is 11.5 Å². The zero-order valence-electron chi connectivity index (χ0n) is 9.99. The minimum atomic E-state index is 0.0657. The van der Waals surface area contributed by atoms with Gasteiger partial charge in [0.1, 0.15) is 11.5 Å². The van der Waals surface area contributed by atoms with E-state index in [2.05, 4.69) is 5.32 Å². The van der Waals surface area contributed by atoms with Gasteiger partial charge in [-0.1, -0.05) is 0 Å². The van der Waals surface area contributed by atoms with Crippen molar-refractivity contribution in [1.29, 1.82) is 0 Å². The van der Waals surface area contributed by atoms with Crippen LogP contribution in [0.3, 0.4) is 0 Å². The van der Waals surface area contributed by atoms with E-state index in [9.17, 15) is 0 Å². The standard InChI is InChI=1S/C12H19NO3/c1-9(8-14)13-7-10-6-11(15-2)4-5-12(10)16-3/h4-6,9,13-14H,7-8H2,1-3H3/t9-/m1/s1. The molecule has 0 saturated carbocycles. The molecule has 90 valence electrons. The maximum atomic E-state index is 8.92. The van der Waals surface area contributed by atoms with Gasteiger partial charge in [0.15, 0.2) is 0 Å². The predicted molar refractivity (Wildman–Crippen MR) is 62.9 cm³/mol. The molecule has 1 aromatic carbocycles. The summed E-state index contributed by atoms with van der Waals surface area (Å²) < 4.78 is 10.4. The first-order valence-corrected chi connectivity index (χ1v) is 5.26. The van der Waals surface area contributed by atoms with E-state index in [1.165, 1.54) is 0 Å². The number of aliphatic hydroxyl groups is 1. The third-order valence-corrected chi connectivity index (χ3v) is 2.40. The summed E-state index contributed by atoms with van der Waals surface area (Å²) in [7, 11) is 3.27. The van der Waals surface area contributed by atoms with Crippen LogP contribution in [-0.4, -0.2) is 32.0 Å². The Bertz CT molecular complexity index is 328. The van der Waals surface area contributed by atoms with E-state index >= 15 is 0 Å². The molecule has 1 rings (SSSR count). The number of nitrogens with one attached hydrogen (secondary N) is 1. The van der Waals surface area contributed by atoms with Crippen molar-refractivity contribution in [2.45, 2.75) is 19.5 Å². The summed E-state index contributed by atoms with van der Waals surface area (Å²) >= 11 is 0. The van der Waals surface area contributed by atoms with Gasteiger partial charge < -0.3 is 19.9 Å². The van der Waals surface area contributed by atoms with Gasteiger partial charge in [0.25, 0.3) is 0 Å². The molecule has 0 fully saturated rings. The number of hydrogen-bond acceptors (Lipinski definition) is 4. The van der Waals surface area contributed by atoms with Gasteiger partial charge in [0, 0.05) is 18.2 Å². The molecule has 0 bridgehead atoms. The van der Waals surface area contributed by atoms with Crippen LogP contribution in [0, 0.1) is 0 Å². The molecule has 1 aromatic rings. The molecule has 0 saturated heterocycles. The van der Waals surface area contributed by atoms with Crippen LogP contribution in [0.4, 0.5) is 0 Å². The summed E-state index contributed by atoms with van der Waals surface area (Å²) in [6, 6.07) is 5.73. The zero-order chi connectivity index (χ0) is 12.0. The van der Waals surface area contributed by atoms with Gasteiger partial charge >= 0.3 is 0 Å². The Morgan fingerprint density at radius 1 is 1.31 bits per heavy atom. The molecule has 0 radical (unpaired) electrons. The zero-order valence-corrected chi connectivity index (χ0v) is 9.99. The highest BCUT2D eigenvalue weighted by molar-refractivity contribution is 5.40. The van der Waals surface area contributed by atoms with Gasteiger partial charge in [-0.25, -0.2) is 0 Å². The molecule has 0 aliphatic rings. The van der Waals surface area contributed by atoms with Crippen LogP contribution in [0.2, 0.25) is 0 Å². The van der Waals surface area contributed by atoms with Crippen molar-refractivity contribution >= 4 is 0 Å². The first kappa shape index (κ1) is 12.8. The first-order valence-electron chi connectivity index (χ1n) is 5.26. The molecular weight excluding hydrogens is 206 g/mol. The second-order valence-electron chi connectivity index (χ2n) is 3.64. The Kier molecular flexibility index (Phi) is 5.08. The number of methoxy groups -OCH3 is 2. The average Bonchev–Trinajstić information content (AvgIpc) is 2.35. The lowest BCUT2D eigenvalue weighted by molar-refractivity contribution is 0.250. The van der Waals surface area contributed by atoms with E-state index in [0.29, 0.717) is 6.54 Å². The number of benzene rings is 1. The van der Waals surface area contributed by atoms with Gasteiger partial charge in [-0.15, -0.1) is 0 Å². The largest absolute Gasteiger partial charge is 0.497 e. The summed E-state index contributed by atoms with van der Waals surface area (Å²) in [6.45, 7) is 2.68. The Balaban J connectivity index is 2.75. The van der Waals surface area contributed by atoms with Crippen molar-refractivity contribution in [3.05, 3.63) is 23.8 Å². The lowest BCUT2D eigenvalue weighted by Gasteiger charge is -2.14. The Morgan fingerprint density at radius 3 is 2.62 bits per heavy atom. The molecule has 0 aliphatic carbocycles. The van der Waals surface area contributed by atoms with Crippen molar-refractivity contribution in [3.8, 4) is 11.5 Å². The molecule has 4 heteroatoms. The summed E-state index contributed by atoms with van der Waals surface area (Å²) in [5, 5.41) is 12.1. The first-order chi connectivity index (χ1) is 7.71. The molecule has 0 spiro atoms. The molecule has 16 heavy (non-hydrogen) atoms. The highest BCUT2D eigenvalue weighted by Gasteiger charge is 2.06. The third kappa shape index (κ3) is 3.40. The molecule has 4 nitrogen and oxygen atoms in total. The molecule has 0 amide bonds. The van der Waals surface area contributed by atoms with E-state index < -0.39 is 0 Å². The van der Waals surface area contributed by atoms with Crippen molar-refractivity contribution in [2.24, 2.45) is 0 Å². The van der Waals surface area contributed by atoms with E-state index in [4.69, 9.17) is 14.6 Å². The number of aliphatic hydroxyl groups excluding tert-OH is 1. The highest BCUT2D eigenvalue weighted by atomic mass is 16.5. The summed E-state index contributed by atoms with van der Waals surface area (Å²) in [6.07, 6.45) is 0. The molecule has 0 heterocycles. The lowest BCUT2D eigenvalue weighted by atomic mass is 10.1. The fraction of sp³-hybridized carbons (Fsp3) is 0.500. The number of hydrogen-bond donors (Lipinski definition) is 2. The van der Waals surface area contributed by atoms with E-state index in [1.807, 2.05) is 25.1 Å². The smallest absolute Gasteiger partial charge is 0.123 e. The second-order valence-corrected chi connectivity index (χ2v) is 3.64. The monoisotopic (exact) mass is 225 g/mol. The number of rotatable bonds is 6. The SMILES string of the molecule is COc1ccc(OC)c(CN[C@H](C)CO)c1. The van der Waals surface area contributed by atoms with Gasteiger partial charge in [0.2, 0.25) is 0 Å². The van der Waals surface area contributed by atoms with E-state index in [0.717, 1.165) is 17.1 Å².